The summed E-state index contributed by atoms with van der Waals surface area (Å²) in [6, 6.07) is 4.36. The number of H-pyrrole nitrogens is 1. The molecule has 8 heteroatoms. The third-order valence-corrected chi connectivity index (χ3v) is 5.27. The van der Waals surface area contributed by atoms with Crippen LogP contribution in [0.15, 0.2) is 33.8 Å². The molecule has 0 atom stereocenters. The minimum Gasteiger partial charge on any atom is -0.407 e. The van der Waals surface area contributed by atoms with Gasteiger partial charge in [0, 0.05) is 23.0 Å². The zero-order chi connectivity index (χ0) is 16.9. The van der Waals surface area contributed by atoms with Crippen molar-refractivity contribution < 1.29 is 4.42 Å². The van der Waals surface area contributed by atoms with Crippen molar-refractivity contribution in [3.63, 3.8) is 0 Å². The molecule has 0 aliphatic heterocycles. The van der Waals surface area contributed by atoms with E-state index in [0.29, 0.717) is 24.2 Å². The Balaban J connectivity index is 1.33. The maximum atomic E-state index is 5.66. The summed E-state index contributed by atoms with van der Waals surface area (Å²) in [5.74, 6) is 1.24. The molecular formula is C17H20N6OS. The zero-order valence-corrected chi connectivity index (χ0v) is 14.7. The van der Waals surface area contributed by atoms with Gasteiger partial charge in [0.25, 0.3) is 0 Å². The zero-order valence-electron chi connectivity index (χ0n) is 13.9. The SMILES string of the molecule is c1cc(SCc2nnc(NCc3n[nH]c4c3CCCCC4)o2)ccn1. The third kappa shape index (κ3) is 4.01. The molecule has 0 unspecified atom stereocenters. The van der Waals surface area contributed by atoms with E-state index in [2.05, 4.69) is 30.7 Å². The van der Waals surface area contributed by atoms with E-state index in [0.717, 1.165) is 23.4 Å². The van der Waals surface area contributed by atoms with Crippen molar-refractivity contribution in [2.45, 2.75) is 49.3 Å². The lowest BCUT2D eigenvalue weighted by Crippen LogP contribution is -2.03. The third-order valence-electron chi connectivity index (χ3n) is 4.28. The van der Waals surface area contributed by atoms with Gasteiger partial charge < -0.3 is 9.73 Å². The summed E-state index contributed by atoms with van der Waals surface area (Å²) in [6.45, 7) is 0.602. The quantitative estimate of drug-likeness (QED) is 0.517. The summed E-state index contributed by atoms with van der Waals surface area (Å²) >= 11 is 1.64. The number of pyridine rings is 1. The van der Waals surface area contributed by atoms with Crippen LogP contribution in [0.2, 0.25) is 0 Å². The van der Waals surface area contributed by atoms with E-state index >= 15 is 0 Å². The van der Waals surface area contributed by atoms with Crippen LogP contribution >= 0.6 is 11.8 Å². The highest BCUT2D eigenvalue weighted by atomic mass is 32.2. The molecule has 0 fully saturated rings. The Bertz CT molecular complexity index is 816. The molecule has 3 aromatic heterocycles. The molecule has 0 saturated heterocycles. The van der Waals surface area contributed by atoms with Crippen LogP contribution in [-0.2, 0) is 25.1 Å². The van der Waals surface area contributed by atoms with Gasteiger partial charge in [0.1, 0.15) is 0 Å². The van der Waals surface area contributed by atoms with Crippen LogP contribution in [0, 0.1) is 0 Å². The second-order valence-electron chi connectivity index (χ2n) is 6.01. The number of hydrogen-bond acceptors (Lipinski definition) is 7. The minimum absolute atomic E-state index is 0.440. The molecule has 4 rings (SSSR count). The lowest BCUT2D eigenvalue weighted by Gasteiger charge is -2.02. The van der Waals surface area contributed by atoms with Gasteiger partial charge in [-0.1, -0.05) is 11.5 Å². The Morgan fingerprint density at radius 3 is 2.92 bits per heavy atom. The topological polar surface area (TPSA) is 92.5 Å². The standard InChI is InChI=1S/C17H20N6OS/c1-2-4-13-14(5-3-1)20-21-15(13)10-19-17-23-22-16(24-17)11-25-12-6-8-18-9-7-12/h6-9H,1-5,10-11H2,(H,19,23)(H,20,21). The number of rotatable bonds is 6. The van der Waals surface area contributed by atoms with E-state index in [9.17, 15) is 0 Å². The number of hydrogen-bond donors (Lipinski definition) is 2. The van der Waals surface area contributed by atoms with Crippen LogP contribution in [0.3, 0.4) is 0 Å². The summed E-state index contributed by atoms with van der Waals surface area (Å²) in [5.41, 5.74) is 3.70. The van der Waals surface area contributed by atoms with E-state index in [1.54, 1.807) is 24.2 Å². The van der Waals surface area contributed by atoms with Crippen molar-refractivity contribution in [3.05, 3.63) is 47.4 Å². The highest BCUT2D eigenvalue weighted by Crippen LogP contribution is 2.24. The first kappa shape index (κ1) is 16.1. The second-order valence-corrected chi connectivity index (χ2v) is 7.06. The molecule has 2 N–H and O–H groups in total. The van der Waals surface area contributed by atoms with E-state index in [4.69, 9.17) is 4.42 Å². The average Bonchev–Trinajstić information content (AvgIpc) is 3.19. The van der Waals surface area contributed by atoms with Gasteiger partial charge in [-0.05, 0) is 43.4 Å². The second kappa shape index (κ2) is 7.69. The molecule has 3 heterocycles. The van der Waals surface area contributed by atoms with E-state index in [-0.39, 0.29) is 0 Å². The Kier molecular flexibility index (Phi) is 4.96. The summed E-state index contributed by atoms with van der Waals surface area (Å²) in [6.07, 6.45) is 9.50. The first-order valence-corrected chi connectivity index (χ1v) is 9.51. The number of aromatic nitrogens is 5. The van der Waals surface area contributed by atoms with Gasteiger partial charge in [-0.2, -0.15) is 5.10 Å². The number of anilines is 1. The molecule has 130 valence electrons. The fraction of sp³-hybridized carbons (Fsp3) is 0.412. The fourth-order valence-corrected chi connectivity index (χ4v) is 3.72. The fourth-order valence-electron chi connectivity index (χ4n) is 2.99. The molecule has 1 aliphatic carbocycles. The van der Waals surface area contributed by atoms with Gasteiger partial charge in [0.2, 0.25) is 5.89 Å². The first-order valence-electron chi connectivity index (χ1n) is 8.52. The van der Waals surface area contributed by atoms with Crippen LogP contribution < -0.4 is 5.32 Å². The van der Waals surface area contributed by atoms with Crippen LogP contribution in [0.1, 0.15) is 42.1 Å². The molecule has 0 saturated carbocycles. The maximum absolute atomic E-state index is 5.66. The van der Waals surface area contributed by atoms with Crippen molar-refractivity contribution in [2.75, 3.05) is 5.32 Å². The molecular weight excluding hydrogens is 336 g/mol. The summed E-state index contributed by atoms with van der Waals surface area (Å²) < 4.78 is 5.66. The van der Waals surface area contributed by atoms with Crippen molar-refractivity contribution in [1.82, 2.24) is 25.4 Å². The summed E-state index contributed by atoms with van der Waals surface area (Å²) in [7, 11) is 0. The monoisotopic (exact) mass is 356 g/mol. The first-order chi connectivity index (χ1) is 12.4. The molecule has 0 aromatic carbocycles. The van der Waals surface area contributed by atoms with Gasteiger partial charge in [-0.3, -0.25) is 10.1 Å². The van der Waals surface area contributed by atoms with Gasteiger partial charge in [0.15, 0.2) is 0 Å². The Hall–Kier alpha value is -2.35. The summed E-state index contributed by atoms with van der Waals surface area (Å²) in [5, 5.41) is 19.0. The number of fused-ring (bicyclic) bond motifs is 1. The van der Waals surface area contributed by atoms with Crippen molar-refractivity contribution in [3.8, 4) is 0 Å². The predicted octanol–water partition coefficient (Wildman–Crippen LogP) is 3.36. The van der Waals surface area contributed by atoms with Gasteiger partial charge >= 0.3 is 6.01 Å². The van der Waals surface area contributed by atoms with Crippen molar-refractivity contribution in [2.24, 2.45) is 0 Å². The molecule has 0 radical (unpaired) electrons. The van der Waals surface area contributed by atoms with Gasteiger partial charge in [0.05, 0.1) is 18.0 Å². The lowest BCUT2D eigenvalue weighted by atomic mass is 10.1. The highest BCUT2D eigenvalue weighted by Gasteiger charge is 2.16. The Morgan fingerprint density at radius 1 is 1.12 bits per heavy atom. The van der Waals surface area contributed by atoms with Crippen molar-refractivity contribution in [1.29, 1.82) is 0 Å². The number of thioether (sulfide) groups is 1. The molecule has 0 spiro atoms. The van der Waals surface area contributed by atoms with Crippen molar-refractivity contribution >= 4 is 17.8 Å². The van der Waals surface area contributed by atoms with Crippen LogP contribution in [0.5, 0.6) is 0 Å². The lowest BCUT2D eigenvalue weighted by molar-refractivity contribution is 0.526. The van der Waals surface area contributed by atoms with Gasteiger partial charge in [-0.25, -0.2) is 0 Å². The molecule has 25 heavy (non-hydrogen) atoms. The molecule has 7 nitrogen and oxygen atoms in total. The average molecular weight is 356 g/mol. The summed E-state index contributed by atoms with van der Waals surface area (Å²) in [4.78, 5) is 5.13. The highest BCUT2D eigenvalue weighted by molar-refractivity contribution is 7.98. The van der Waals surface area contributed by atoms with Crippen LogP contribution in [0.4, 0.5) is 6.01 Å². The predicted molar refractivity (Wildman–Crippen MR) is 95.3 cm³/mol. The van der Waals surface area contributed by atoms with Crippen LogP contribution in [-0.4, -0.2) is 25.4 Å². The Morgan fingerprint density at radius 2 is 2.00 bits per heavy atom. The Labute approximate surface area is 150 Å². The largest absolute Gasteiger partial charge is 0.407 e. The number of aromatic amines is 1. The molecule has 0 amide bonds. The number of nitrogens with zero attached hydrogens (tertiary/aromatic N) is 4. The van der Waals surface area contributed by atoms with Crippen LogP contribution in [0.25, 0.3) is 0 Å². The van der Waals surface area contributed by atoms with E-state index in [1.165, 1.54) is 30.5 Å². The number of aryl methyl sites for hydroxylation is 1. The van der Waals surface area contributed by atoms with E-state index in [1.807, 2.05) is 12.1 Å². The van der Waals surface area contributed by atoms with Gasteiger partial charge in [-0.15, -0.1) is 16.9 Å². The minimum atomic E-state index is 0.440. The molecule has 3 aromatic rings. The number of nitrogens with one attached hydrogen (secondary N) is 2. The smallest absolute Gasteiger partial charge is 0.315 e. The normalized spacial score (nSPS) is 14.1. The van der Waals surface area contributed by atoms with E-state index < -0.39 is 0 Å². The molecule has 1 aliphatic rings. The molecule has 0 bridgehead atoms. The maximum Gasteiger partial charge on any atom is 0.315 e.